The van der Waals surface area contributed by atoms with Gasteiger partial charge in [0.25, 0.3) is 0 Å². The van der Waals surface area contributed by atoms with E-state index in [9.17, 15) is 8.78 Å². The molecule has 0 saturated heterocycles. The largest absolute Gasteiger partial charge is 0.318 e. The van der Waals surface area contributed by atoms with Crippen molar-refractivity contribution >= 4 is 15.9 Å². The Balaban J connectivity index is 2.70. The molecule has 0 fully saturated rings. The van der Waals surface area contributed by atoms with E-state index in [1.165, 1.54) is 12.1 Å². The molecular weight excluding hydrogens is 312 g/mol. The minimum absolute atomic E-state index is 0.129. The Morgan fingerprint density at radius 2 is 1.74 bits per heavy atom. The average molecular weight is 326 g/mol. The minimum Gasteiger partial charge on any atom is -0.318 e. The Morgan fingerprint density at radius 3 is 2.37 bits per heavy atom. The molecule has 100 valence electrons. The lowest BCUT2D eigenvalue weighted by Crippen LogP contribution is -2.37. The van der Waals surface area contributed by atoms with Crippen LogP contribution in [0, 0.1) is 18.6 Å². The average Bonchev–Trinajstić information content (AvgIpc) is 2.34. The van der Waals surface area contributed by atoms with E-state index in [2.05, 4.69) is 15.9 Å². The molecule has 0 bridgehead atoms. The van der Waals surface area contributed by atoms with Crippen LogP contribution in [0.4, 0.5) is 8.78 Å². The van der Waals surface area contributed by atoms with Crippen LogP contribution in [0.15, 0.2) is 40.9 Å². The van der Waals surface area contributed by atoms with E-state index in [1.54, 1.807) is 19.1 Å². The van der Waals surface area contributed by atoms with Gasteiger partial charge in [-0.2, -0.15) is 0 Å². The molecule has 0 spiro atoms. The van der Waals surface area contributed by atoms with Gasteiger partial charge in [-0.25, -0.2) is 8.78 Å². The Kier molecular flexibility index (Phi) is 3.74. The molecule has 19 heavy (non-hydrogen) atoms. The fraction of sp³-hybridized carbons (Fsp3) is 0.200. The third kappa shape index (κ3) is 2.42. The molecule has 2 rings (SSSR count). The van der Waals surface area contributed by atoms with Crippen LogP contribution < -0.4 is 5.73 Å². The number of hydrogen-bond donors (Lipinski definition) is 1. The second-order valence-electron chi connectivity index (χ2n) is 4.74. The van der Waals surface area contributed by atoms with Gasteiger partial charge in [0, 0.05) is 5.56 Å². The van der Waals surface area contributed by atoms with Gasteiger partial charge in [0.15, 0.2) is 0 Å². The topological polar surface area (TPSA) is 26.0 Å². The lowest BCUT2D eigenvalue weighted by Gasteiger charge is -2.28. The number of rotatable bonds is 2. The molecule has 4 heteroatoms. The lowest BCUT2D eigenvalue weighted by atomic mass is 9.82. The van der Waals surface area contributed by atoms with Crippen LogP contribution >= 0.6 is 15.9 Å². The van der Waals surface area contributed by atoms with Gasteiger partial charge in [0.1, 0.15) is 11.6 Å². The van der Waals surface area contributed by atoms with Gasteiger partial charge in [-0.05, 0) is 53.0 Å². The van der Waals surface area contributed by atoms with E-state index in [0.29, 0.717) is 5.56 Å². The van der Waals surface area contributed by atoms with Gasteiger partial charge in [0.05, 0.1) is 10.0 Å². The molecule has 0 aliphatic rings. The van der Waals surface area contributed by atoms with Gasteiger partial charge < -0.3 is 5.73 Å². The highest BCUT2D eigenvalue weighted by molar-refractivity contribution is 9.10. The zero-order valence-corrected chi connectivity index (χ0v) is 12.3. The van der Waals surface area contributed by atoms with Crippen LogP contribution in [-0.2, 0) is 5.54 Å². The quantitative estimate of drug-likeness (QED) is 0.820. The standard InChI is InChI=1S/C15H14BrF2N/c1-9-5-3-4-6-10(9)15(2,19)13-12(17)8-7-11(16)14(13)18/h3-8H,19H2,1-2H3. The molecule has 2 N–H and O–H groups in total. The third-order valence-electron chi connectivity index (χ3n) is 3.27. The van der Waals surface area contributed by atoms with E-state index in [-0.39, 0.29) is 10.0 Å². The first-order valence-corrected chi connectivity index (χ1v) is 6.64. The number of aryl methyl sites for hydroxylation is 1. The van der Waals surface area contributed by atoms with Crippen molar-refractivity contribution in [3.05, 3.63) is 69.2 Å². The van der Waals surface area contributed by atoms with Gasteiger partial charge in [-0.1, -0.05) is 24.3 Å². The van der Waals surface area contributed by atoms with Crippen molar-refractivity contribution in [3.8, 4) is 0 Å². The van der Waals surface area contributed by atoms with E-state index in [1.807, 2.05) is 19.1 Å². The molecule has 1 nitrogen and oxygen atoms in total. The summed E-state index contributed by atoms with van der Waals surface area (Å²) < 4.78 is 28.4. The molecule has 2 aromatic rings. The van der Waals surface area contributed by atoms with Crippen LogP contribution in [-0.4, -0.2) is 0 Å². The second-order valence-corrected chi connectivity index (χ2v) is 5.59. The highest BCUT2D eigenvalue weighted by Gasteiger charge is 2.32. The predicted octanol–water partition coefficient (Wildman–Crippen LogP) is 4.26. The summed E-state index contributed by atoms with van der Waals surface area (Å²) >= 11 is 3.07. The number of halogens is 3. The highest BCUT2D eigenvalue weighted by atomic mass is 79.9. The smallest absolute Gasteiger partial charge is 0.145 e. The third-order valence-corrected chi connectivity index (χ3v) is 3.88. The fourth-order valence-electron chi connectivity index (χ4n) is 2.29. The number of nitrogens with two attached hydrogens (primary N) is 1. The second kappa shape index (κ2) is 5.02. The number of hydrogen-bond acceptors (Lipinski definition) is 1. The molecule has 0 heterocycles. The van der Waals surface area contributed by atoms with Crippen molar-refractivity contribution in [1.29, 1.82) is 0 Å². The predicted molar refractivity (Wildman–Crippen MR) is 75.9 cm³/mol. The Morgan fingerprint density at radius 1 is 1.11 bits per heavy atom. The summed E-state index contributed by atoms with van der Waals surface area (Å²) in [5.41, 5.74) is 6.46. The van der Waals surface area contributed by atoms with Crippen molar-refractivity contribution in [3.63, 3.8) is 0 Å². The minimum atomic E-state index is -1.23. The molecule has 0 aromatic heterocycles. The SMILES string of the molecule is Cc1ccccc1C(C)(N)c1c(F)ccc(Br)c1F. The summed E-state index contributed by atoms with van der Waals surface area (Å²) in [6, 6.07) is 9.88. The molecule has 1 atom stereocenters. The van der Waals surface area contributed by atoms with E-state index in [0.717, 1.165) is 5.56 Å². The van der Waals surface area contributed by atoms with Crippen LogP contribution in [0.3, 0.4) is 0 Å². The Bertz CT molecular complexity index is 624. The molecule has 0 radical (unpaired) electrons. The van der Waals surface area contributed by atoms with Crippen LogP contribution in [0.5, 0.6) is 0 Å². The van der Waals surface area contributed by atoms with E-state index in [4.69, 9.17) is 5.73 Å². The highest BCUT2D eigenvalue weighted by Crippen LogP contribution is 2.34. The lowest BCUT2D eigenvalue weighted by molar-refractivity contribution is 0.478. The van der Waals surface area contributed by atoms with Crippen molar-refractivity contribution < 1.29 is 8.78 Å². The van der Waals surface area contributed by atoms with Crippen molar-refractivity contribution in [2.75, 3.05) is 0 Å². The Hall–Kier alpha value is -1.26. The first kappa shape index (κ1) is 14.2. The normalized spacial score (nSPS) is 14.2. The Labute approximate surface area is 119 Å². The number of benzene rings is 2. The molecule has 1 unspecified atom stereocenters. The first-order chi connectivity index (χ1) is 8.85. The maximum absolute atomic E-state index is 14.2. The molecule has 2 aromatic carbocycles. The molecule has 0 aliphatic heterocycles. The summed E-state index contributed by atoms with van der Waals surface area (Å²) in [6.07, 6.45) is 0. The van der Waals surface area contributed by atoms with Gasteiger partial charge >= 0.3 is 0 Å². The van der Waals surface area contributed by atoms with Crippen LogP contribution in [0.25, 0.3) is 0 Å². The fourth-order valence-corrected chi connectivity index (χ4v) is 2.62. The first-order valence-electron chi connectivity index (χ1n) is 5.84. The summed E-state index contributed by atoms with van der Waals surface area (Å²) in [7, 11) is 0. The molecule has 0 amide bonds. The molecule has 0 aliphatic carbocycles. The van der Waals surface area contributed by atoms with Crippen molar-refractivity contribution in [2.24, 2.45) is 5.73 Å². The van der Waals surface area contributed by atoms with Gasteiger partial charge in [-0.3, -0.25) is 0 Å². The summed E-state index contributed by atoms with van der Waals surface area (Å²) in [5, 5.41) is 0. The molecule has 0 saturated carbocycles. The maximum Gasteiger partial charge on any atom is 0.145 e. The monoisotopic (exact) mass is 325 g/mol. The summed E-state index contributed by atoms with van der Waals surface area (Å²) in [5.74, 6) is -1.30. The van der Waals surface area contributed by atoms with Crippen LogP contribution in [0.1, 0.15) is 23.6 Å². The molecular formula is C15H14BrF2N. The van der Waals surface area contributed by atoms with E-state index < -0.39 is 17.2 Å². The van der Waals surface area contributed by atoms with Gasteiger partial charge in [-0.15, -0.1) is 0 Å². The zero-order valence-electron chi connectivity index (χ0n) is 10.7. The van der Waals surface area contributed by atoms with E-state index >= 15 is 0 Å². The summed E-state index contributed by atoms with van der Waals surface area (Å²) in [4.78, 5) is 0. The van der Waals surface area contributed by atoms with Crippen molar-refractivity contribution in [2.45, 2.75) is 19.4 Å². The summed E-state index contributed by atoms with van der Waals surface area (Å²) in [6.45, 7) is 3.48. The van der Waals surface area contributed by atoms with Gasteiger partial charge in [0.2, 0.25) is 0 Å². The van der Waals surface area contributed by atoms with Crippen molar-refractivity contribution in [1.82, 2.24) is 0 Å². The maximum atomic E-state index is 14.2. The van der Waals surface area contributed by atoms with Crippen LogP contribution in [0.2, 0.25) is 0 Å². The zero-order chi connectivity index (χ0) is 14.2.